The molecule has 7 heteroatoms. The van der Waals surface area contributed by atoms with Gasteiger partial charge in [0.2, 0.25) is 5.91 Å². The minimum atomic E-state index is -0.154. The van der Waals surface area contributed by atoms with E-state index < -0.39 is 0 Å². The second kappa shape index (κ2) is 9.00. The van der Waals surface area contributed by atoms with E-state index in [1.165, 1.54) is 10.4 Å². The summed E-state index contributed by atoms with van der Waals surface area (Å²) in [5.74, 6) is -0.0937. The second-order valence-electron chi connectivity index (χ2n) is 8.26. The SMILES string of the molecule is O=C(c1ccc(Br)cc1)N(CC(=O)N1CCc2sccc2C1c1ccc(Cl)cc1)C1CC1. The highest BCUT2D eigenvalue weighted by atomic mass is 79.9. The van der Waals surface area contributed by atoms with E-state index in [1.54, 1.807) is 28.4 Å². The van der Waals surface area contributed by atoms with Crippen LogP contribution in [0.5, 0.6) is 0 Å². The molecule has 0 spiro atoms. The Morgan fingerprint density at radius 3 is 2.47 bits per heavy atom. The maximum Gasteiger partial charge on any atom is 0.254 e. The molecule has 4 nitrogen and oxygen atoms in total. The molecule has 1 fully saturated rings. The number of hydrogen-bond donors (Lipinski definition) is 0. The van der Waals surface area contributed by atoms with Crippen LogP contribution < -0.4 is 0 Å². The molecule has 0 radical (unpaired) electrons. The first-order chi connectivity index (χ1) is 15.5. The zero-order valence-electron chi connectivity index (χ0n) is 17.3. The van der Waals surface area contributed by atoms with Crippen molar-refractivity contribution in [3.8, 4) is 0 Å². The zero-order chi connectivity index (χ0) is 22.2. The molecule has 1 unspecified atom stereocenters. The van der Waals surface area contributed by atoms with Crippen LogP contribution in [0.2, 0.25) is 5.02 Å². The van der Waals surface area contributed by atoms with Gasteiger partial charge in [-0.3, -0.25) is 9.59 Å². The fourth-order valence-corrected chi connectivity index (χ4v) is 5.63. The highest BCUT2D eigenvalue weighted by Crippen LogP contribution is 2.38. The Bertz CT molecular complexity index is 1140. The van der Waals surface area contributed by atoms with E-state index >= 15 is 0 Å². The Labute approximate surface area is 204 Å². The summed E-state index contributed by atoms with van der Waals surface area (Å²) in [6.07, 6.45) is 2.74. The second-order valence-corrected chi connectivity index (χ2v) is 10.6. The number of thiophene rings is 1. The topological polar surface area (TPSA) is 40.6 Å². The molecule has 1 saturated carbocycles. The fraction of sp³-hybridized carbons (Fsp3) is 0.280. The van der Waals surface area contributed by atoms with Crippen LogP contribution in [0.25, 0.3) is 0 Å². The average Bonchev–Trinajstić information content (AvgIpc) is 3.53. The van der Waals surface area contributed by atoms with Crippen molar-refractivity contribution >= 4 is 50.7 Å². The van der Waals surface area contributed by atoms with Crippen molar-refractivity contribution in [1.29, 1.82) is 0 Å². The summed E-state index contributed by atoms with van der Waals surface area (Å²) in [6.45, 7) is 0.744. The molecule has 0 saturated heterocycles. The molecule has 32 heavy (non-hydrogen) atoms. The first kappa shape index (κ1) is 21.7. The van der Waals surface area contributed by atoms with E-state index in [2.05, 4.69) is 27.4 Å². The first-order valence-electron chi connectivity index (χ1n) is 10.7. The number of nitrogens with zero attached hydrogens (tertiary/aromatic N) is 2. The molecule has 3 aromatic rings. The van der Waals surface area contributed by atoms with E-state index in [4.69, 9.17) is 11.6 Å². The van der Waals surface area contributed by atoms with Gasteiger partial charge in [0.25, 0.3) is 5.91 Å². The predicted octanol–water partition coefficient (Wildman–Crippen LogP) is 5.94. The number of hydrogen-bond acceptors (Lipinski definition) is 3. The average molecular weight is 530 g/mol. The Kier molecular flexibility index (Phi) is 6.10. The molecule has 164 valence electrons. The predicted molar refractivity (Wildman–Crippen MR) is 131 cm³/mol. The minimum absolute atomic E-state index is 0.0147. The molecule has 2 amide bonds. The summed E-state index contributed by atoms with van der Waals surface area (Å²) >= 11 is 11.3. The third-order valence-electron chi connectivity index (χ3n) is 6.12. The van der Waals surface area contributed by atoms with E-state index in [1.807, 2.05) is 41.3 Å². The Hall–Kier alpha value is -2.15. The van der Waals surface area contributed by atoms with Crippen molar-refractivity contribution in [3.05, 3.63) is 91.0 Å². The fourth-order valence-electron chi connectivity index (χ4n) is 4.34. The normalized spacial score (nSPS) is 17.7. The molecule has 0 bridgehead atoms. The number of carbonyl (C=O) groups is 2. The van der Waals surface area contributed by atoms with Crippen LogP contribution in [0, 0.1) is 0 Å². The lowest BCUT2D eigenvalue weighted by Gasteiger charge is -2.37. The quantitative estimate of drug-likeness (QED) is 0.410. The number of halogens is 2. The van der Waals surface area contributed by atoms with E-state index in [-0.39, 0.29) is 30.4 Å². The van der Waals surface area contributed by atoms with E-state index in [0.29, 0.717) is 17.1 Å². The number of benzene rings is 2. The van der Waals surface area contributed by atoms with Gasteiger partial charge in [-0.05, 0) is 78.2 Å². The van der Waals surface area contributed by atoms with Crippen molar-refractivity contribution in [2.45, 2.75) is 31.3 Å². The largest absolute Gasteiger partial charge is 0.330 e. The summed E-state index contributed by atoms with van der Waals surface area (Å²) < 4.78 is 0.925. The monoisotopic (exact) mass is 528 g/mol. The van der Waals surface area contributed by atoms with Gasteiger partial charge < -0.3 is 9.80 Å². The highest BCUT2D eigenvalue weighted by molar-refractivity contribution is 9.10. The maximum atomic E-state index is 13.6. The zero-order valence-corrected chi connectivity index (χ0v) is 20.5. The molecule has 1 aliphatic carbocycles. The van der Waals surface area contributed by atoms with Crippen LogP contribution in [-0.4, -0.2) is 40.7 Å². The number of fused-ring (bicyclic) bond motifs is 1. The number of rotatable bonds is 5. The molecule has 2 heterocycles. The molecule has 2 aliphatic rings. The highest BCUT2D eigenvalue weighted by Gasteiger charge is 2.38. The number of carbonyl (C=O) groups excluding carboxylic acids is 2. The molecule has 1 atom stereocenters. The van der Waals surface area contributed by atoms with Crippen LogP contribution >= 0.6 is 38.9 Å². The number of amides is 2. The van der Waals surface area contributed by atoms with Gasteiger partial charge >= 0.3 is 0 Å². The van der Waals surface area contributed by atoms with Gasteiger partial charge in [-0.25, -0.2) is 0 Å². The van der Waals surface area contributed by atoms with Crippen LogP contribution in [0.15, 0.2) is 64.5 Å². The van der Waals surface area contributed by atoms with Crippen LogP contribution in [0.1, 0.15) is 45.2 Å². The molecular formula is C25H22BrClN2O2S. The standard InChI is InChI=1S/C25H22BrClN2O2S/c26-18-5-1-17(2-6-18)25(31)29(20-9-10-20)15-23(30)28-13-11-22-21(12-14-32-22)24(28)16-3-7-19(27)8-4-16/h1-8,12,14,20,24H,9-11,13,15H2. The summed E-state index contributed by atoms with van der Waals surface area (Å²) in [5, 5.41) is 2.77. The van der Waals surface area contributed by atoms with Crippen molar-refractivity contribution in [1.82, 2.24) is 9.80 Å². The van der Waals surface area contributed by atoms with Gasteiger partial charge in [-0.1, -0.05) is 39.7 Å². The maximum absolute atomic E-state index is 13.6. The van der Waals surface area contributed by atoms with Gasteiger partial charge in [0.1, 0.15) is 6.54 Å². The van der Waals surface area contributed by atoms with Crippen molar-refractivity contribution < 1.29 is 9.59 Å². The van der Waals surface area contributed by atoms with Crippen LogP contribution in [-0.2, 0) is 11.2 Å². The third kappa shape index (κ3) is 4.36. The Morgan fingerprint density at radius 2 is 1.78 bits per heavy atom. The smallest absolute Gasteiger partial charge is 0.254 e. The molecule has 0 N–H and O–H groups in total. The summed E-state index contributed by atoms with van der Waals surface area (Å²) in [4.78, 5) is 31.9. The lowest BCUT2D eigenvalue weighted by atomic mass is 9.93. The Morgan fingerprint density at radius 1 is 1.06 bits per heavy atom. The summed E-state index contributed by atoms with van der Waals surface area (Å²) in [5.41, 5.74) is 2.83. The van der Waals surface area contributed by atoms with Gasteiger partial charge in [0.05, 0.1) is 6.04 Å². The van der Waals surface area contributed by atoms with Crippen LogP contribution in [0.4, 0.5) is 0 Å². The Balaban J connectivity index is 1.42. The van der Waals surface area contributed by atoms with Gasteiger partial charge in [0.15, 0.2) is 0 Å². The lowest BCUT2D eigenvalue weighted by Crippen LogP contribution is -2.47. The van der Waals surface area contributed by atoms with Gasteiger partial charge in [-0.15, -0.1) is 11.3 Å². The van der Waals surface area contributed by atoms with E-state index in [0.717, 1.165) is 29.3 Å². The van der Waals surface area contributed by atoms with Crippen molar-refractivity contribution in [2.24, 2.45) is 0 Å². The van der Waals surface area contributed by atoms with Crippen molar-refractivity contribution in [3.63, 3.8) is 0 Å². The lowest BCUT2D eigenvalue weighted by molar-refractivity contribution is -0.134. The van der Waals surface area contributed by atoms with Gasteiger partial charge in [-0.2, -0.15) is 0 Å². The third-order valence-corrected chi connectivity index (χ3v) is 7.89. The van der Waals surface area contributed by atoms with Crippen LogP contribution in [0.3, 0.4) is 0 Å². The van der Waals surface area contributed by atoms with E-state index in [9.17, 15) is 9.59 Å². The van der Waals surface area contributed by atoms with Crippen molar-refractivity contribution in [2.75, 3.05) is 13.1 Å². The molecule has 5 rings (SSSR count). The minimum Gasteiger partial charge on any atom is -0.330 e. The summed E-state index contributed by atoms with van der Waals surface area (Å²) in [6, 6.07) is 17.2. The van der Waals surface area contributed by atoms with Gasteiger partial charge in [0, 0.05) is 32.5 Å². The molecule has 1 aliphatic heterocycles. The summed E-state index contributed by atoms with van der Waals surface area (Å²) in [7, 11) is 0. The molecular weight excluding hydrogens is 508 g/mol. The molecule has 1 aromatic heterocycles. The molecule has 2 aromatic carbocycles. The first-order valence-corrected chi connectivity index (χ1v) is 12.7.